The topological polar surface area (TPSA) is 46.5 Å². The van der Waals surface area contributed by atoms with E-state index in [1.165, 1.54) is 13.0 Å². The fraction of sp³-hybridized carbons (Fsp3) is 0.364. The van der Waals surface area contributed by atoms with Crippen molar-refractivity contribution in [1.82, 2.24) is 0 Å². The molecule has 1 aromatic rings. The van der Waals surface area contributed by atoms with Crippen molar-refractivity contribution in [2.45, 2.75) is 19.3 Å². The Morgan fingerprint density at radius 3 is 2.53 bits per heavy atom. The molecule has 1 rings (SSSR count). The summed E-state index contributed by atoms with van der Waals surface area (Å²) in [6.07, 6.45) is -1.48. The van der Waals surface area contributed by atoms with Crippen LogP contribution >= 0.6 is 0 Å². The van der Waals surface area contributed by atoms with E-state index in [0.29, 0.717) is 5.56 Å². The summed E-state index contributed by atoms with van der Waals surface area (Å²) in [5.74, 6) is -7.05. The van der Waals surface area contributed by atoms with Gasteiger partial charge in [0.1, 0.15) is 18.0 Å². The first-order chi connectivity index (χ1) is 7.77. The van der Waals surface area contributed by atoms with Gasteiger partial charge in [-0.05, 0) is 24.6 Å². The van der Waals surface area contributed by atoms with Crippen LogP contribution in [0.25, 0.3) is 0 Å². The van der Waals surface area contributed by atoms with Crippen LogP contribution in [0, 0.1) is 12.7 Å². The van der Waals surface area contributed by atoms with Gasteiger partial charge in [-0.1, -0.05) is 0 Å². The number of aliphatic carboxylic acids is 1. The fourth-order valence-corrected chi connectivity index (χ4v) is 1.50. The lowest BCUT2D eigenvalue weighted by atomic mass is 10.0. The molecular weight excluding hydrogens is 237 g/mol. The van der Waals surface area contributed by atoms with E-state index >= 15 is 0 Å². The summed E-state index contributed by atoms with van der Waals surface area (Å²) in [4.78, 5) is 10.3. The van der Waals surface area contributed by atoms with Gasteiger partial charge in [-0.15, -0.1) is 0 Å². The maximum Gasteiger partial charge on any atom is 0.309 e. The first-order valence-corrected chi connectivity index (χ1v) is 4.72. The van der Waals surface area contributed by atoms with Crippen molar-refractivity contribution >= 4 is 5.97 Å². The molecule has 0 saturated carbocycles. The summed E-state index contributed by atoms with van der Waals surface area (Å²) in [5, 5.41) is 8.38. The highest BCUT2D eigenvalue weighted by Gasteiger charge is 2.40. The maximum absolute atomic E-state index is 13.5. The number of rotatable bonds is 4. The van der Waals surface area contributed by atoms with Crippen LogP contribution in [0.1, 0.15) is 17.5 Å². The van der Waals surface area contributed by atoms with Gasteiger partial charge in [0.25, 0.3) is 5.92 Å². The summed E-state index contributed by atoms with van der Waals surface area (Å²) in [6, 6.07) is 2.14. The van der Waals surface area contributed by atoms with Crippen LogP contribution in [0.3, 0.4) is 0 Å². The molecule has 0 aliphatic heterocycles. The van der Waals surface area contributed by atoms with E-state index in [4.69, 9.17) is 5.11 Å². The van der Waals surface area contributed by atoms with Crippen molar-refractivity contribution in [2.24, 2.45) is 0 Å². The van der Waals surface area contributed by atoms with E-state index in [0.717, 1.165) is 13.2 Å². The normalized spacial score (nSPS) is 11.4. The highest BCUT2D eigenvalue weighted by molar-refractivity contribution is 5.68. The number of carbonyl (C=O) groups is 1. The van der Waals surface area contributed by atoms with Crippen LogP contribution in [0.5, 0.6) is 5.75 Å². The zero-order valence-electron chi connectivity index (χ0n) is 9.26. The van der Waals surface area contributed by atoms with Gasteiger partial charge in [-0.25, -0.2) is 13.2 Å². The van der Waals surface area contributed by atoms with Crippen molar-refractivity contribution in [3.63, 3.8) is 0 Å². The molecule has 0 amide bonds. The predicted octanol–water partition coefficient (Wildman–Crippen LogP) is 2.71. The Morgan fingerprint density at radius 2 is 2.06 bits per heavy atom. The Bertz CT molecular complexity index is 444. The average Bonchev–Trinajstić information content (AvgIpc) is 2.13. The summed E-state index contributed by atoms with van der Waals surface area (Å²) >= 11 is 0. The molecule has 0 unspecified atom stereocenters. The molecule has 0 aliphatic rings. The number of alkyl halides is 2. The third kappa shape index (κ3) is 2.89. The highest BCUT2D eigenvalue weighted by Crippen LogP contribution is 2.40. The van der Waals surface area contributed by atoms with Crippen LogP contribution < -0.4 is 4.74 Å². The molecule has 3 nitrogen and oxygen atoms in total. The second-order valence-corrected chi connectivity index (χ2v) is 3.60. The third-order valence-corrected chi connectivity index (χ3v) is 2.16. The van der Waals surface area contributed by atoms with Gasteiger partial charge >= 0.3 is 5.97 Å². The Balaban J connectivity index is 3.33. The van der Waals surface area contributed by atoms with Gasteiger partial charge in [-0.3, -0.25) is 4.79 Å². The van der Waals surface area contributed by atoms with Crippen LogP contribution in [-0.4, -0.2) is 18.2 Å². The van der Waals surface area contributed by atoms with Gasteiger partial charge in [-0.2, -0.15) is 0 Å². The van der Waals surface area contributed by atoms with Crippen molar-refractivity contribution in [3.05, 3.63) is 29.1 Å². The monoisotopic (exact) mass is 248 g/mol. The Kier molecular flexibility index (Phi) is 3.65. The van der Waals surface area contributed by atoms with Crippen molar-refractivity contribution in [2.75, 3.05) is 7.11 Å². The Morgan fingerprint density at radius 1 is 1.47 bits per heavy atom. The molecule has 0 aromatic heterocycles. The molecule has 0 heterocycles. The average molecular weight is 248 g/mol. The van der Waals surface area contributed by atoms with Gasteiger partial charge < -0.3 is 9.84 Å². The summed E-state index contributed by atoms with van der Waals surface area (Å²) in [6.45, 7) is 1.52. The minimum absolute atomic E-state index is 0.353. The van der Waals surface area contributed by atoms with E-state index < -0.39 is 29.7 Å². The van der Waals surface area contributed by atoms with Crippen LogP contribution in [0.2, 0.25) is 0 Å². The van der Waals surface area contributed by atoms with E-state index in [2.05, 4.69) is 4.74 Å². The largest absolute Gasteiger partial charge is 0.496 e. The number of carboxylic acid groups (broad SMARTS) is 1. The lowest BCUT2D eigenvalue weighted by molar-refractivity contribution is -0.145. The number of ether oxygens (including phenoxy) is 1. The third-order valence-electron chi connectivity index (χ3n) is 2.16. The predicted molar refractivity (Wildman–Crippen MR) is 53.8 cm³/mol. The molecule has 17 heavy (non-hydrogen) atoms. The Hall–Kier alpha value is -1.72. The number of carboxylic acids is 1. The smallest absolute Gasteiger partial charge is 0.309 e. The quantitative estimate of drug-likeness (QED) is 0.891. The van der Waals surface area contributed by atoms with Crippen LogP contribution in [-0.2, 0) is 10.7 Å². The Labute approximate surface area is 95.8 Å². The number of benzene rings is 1. The van der Waals surface area contributed by atoms with Crippen LogP contribution in [0.15, 0.2) is 12.1 Å². The maximum atomic E-state index is 13.5. The lowest BCUT2D eigenvalue weighted by Crippen LogP contribution is -2.21. The molecule has 0 atom stereocenters. The zero-order valence-corrected chi connectivity index (χ0v) is 9.26. The van der Waals surface area contributed by atoms with Crippen LogP contribution in [0.4, 0.5) is 13.2 Å². The minimum Gasteiger partial charge on any atom is -0.496 e. The number of aryl methyl sites for hydroxylation is 1. The standard InChI is InChI=1S/C11H11F3O3/c1-6-3-7(12)10(8(4-6)17-2)11(13,14)5-9(15)16/h3-4H,5H2,1-2H3,(H,15,16). The second kappa shape index (κ2) is 4.65. The van der Waals surface area contributed by atoms with Gasteiger partial charge in [0.15, 0.2) is 0 Å². The number of halogens is 3. The summed E-state index contributed by atoms with van der Waals surface area (Å²) < 4.78 is 45.2. The van der Waals surface area contributed by atoms with Gasteiger partial charge in [0, 0.05) is 0 Å². The van der Waals surface area contributed by atoms with E-state index in [-0.39, 0.29) is 5.75 Å². The van der Waals surface area contributed by atoms with E-state index in [1.807, 2.05) is 0 Å². The van der Waals surface area contributed by atoms with E-state index in [9.17, 15) is 18.0 Å². The molecule has 0 radical (unpaired) electrons. The number of hydrogen-bond donors (Lipinski definition) is 1. The molecule has 94 valence electrons. The molecule has 0 saturated heterocycles. The van der Waals surface area contributed by atoms with Crippen molar-refractivity contribution in [3.8, 4) is 5.75 Å². The SMILES string of the molecule is COc1cc(C)cc(F)c1C(F)(F)CC(=O)O. The van der Waals surface area contributed by atoms with Gasteiger partial charge in [0.2, 0.25) is 0 Å². The molecule has 0 bridgehead atoms. The highest BCUT2D eigenvalue weighted by atomic mass is 19.3. The van der Waals surface area contributed by atoms with Crippen molar-refractivity contribution in [1.29, 1.82) is 0 Å². The van der Waals surface area contributed by atoms with Gasteiger partial charge in [0.05, 0.1) is 12.7 Å². The summed E-state index contributed by atoms with van der Waals surface area (Å²) in [7, 11) is 1.12. The molecular formula is C11H11F3O3. The lowest BCUT2D eigenvalue weighted by Gasteiger charge is -2.18. The minimum atomic E-state index is -3.81. The fourth-order valence-electron chi connectivity index (χ4n) is 1.50. The first kappa shape index (κ1) is 13.3. The molecule has 6 heteroatoms. The first-order valence-electron chi connectivity index (χ1n) is 4.72. The summed E-state index contributed by atoms with van der Waals surface area (Å²) in [5.41, 5.74) is -0.609. The molecule has 1 aromatic carbocycles. The second-order valence-electron chi connectivity index (χ2n) is 3.60. The molecule has 0 fully saturated rings. The van der Waals surface area contributed by atoms with Crippen molar-refractivity contribution < 1.29 is 27.8 Å². The number of hydrogen-bond acceptors (Lipinski definition) is 2. The molecule has 0 aliphatic carbocycles. The number of methoxy groups -OCH3 is 1. The molecule has 1 N–H and O–H groups in total. The zero-order chi connectivity index (χ0) is 13.2. The molecule has 0 spiro atoms. The van der Waals surface area contributed by atoms with E-state index in [1.54, 1.807) is 0 Å².